The van der Waals surface area contributed by atoms with Crippen molar-refractivity contribution in [1.82, 2.24) is 15.3 Å². The maximum Gasteiger partial charge on any atom is 0.356 e. The number of hydrogen-bond acceptors (Lipinski definition) is 4. The minimum absolute atomic E-state index is 0.102. The third-order valence-corrected chi connectivity index (χ3v) is 3.45. The van der Waals surface area contributed by atoms with Gasteiger partial charge in [0, 0.05) is 6.54 Å². The summed E-state index contributed by atoms with van der Waals surface area (Å²) in [5.41, 5.74) is 2.34. The molecule has 120 valence electrons. The maximum absolute atomic E-state index is 11.9. The van der Waals surface area contributed by atoms with Crippen molar-refractivity contribution >= 4 is 11.9 Å². The molecule has 1 amide bonds. The van der Waals surface area contributed by atoms with E-state index in [1.165, 1.54) is 5.56 Å². The van der Waals surface area contributed by atoms with Crippen LogP contribution in [0.1, 0.15) is 51.9 Å². The second kappa shape index (κ2) is 7.49. The normalized spacial score (nSPS) is 10.6. The number of amides is 1. The van der Waals surface area contributed by atoms with Crippen LogP contribution in [0, 0.1) is 0 Å². The zero-order chi connectivity index (χ0) is 16.8. The van der Waals surface area contributed by atoms with Crippen molar-refractivity contribution in [2.75, 3.05) is 6.54 Å². The highest BCUT2D eigenvalue weighted by Gasteiger charge is 2.10. The van der Waals surface area contributed by atoms with Crippen LogP contribution in [0.25, 0.3) is 0 Å². The third kappa shape index (κ3) is 4.60. The Morgan fingerprint density at radius 3 is 2.22 bits per heavy atom. The van der Waals surface area contributed by atoms with Crippen LogP contribution in [-0.2, 0) is 6.42 Å². The Bertz CT molecular complexity index is 679. The van der Waals surface area contributed by atoms with Crippen molar-refractivity contribution in [3.63, 3.8) is 0 Å². The molecular formula is C17H19N3O3. The Labute approximate surface area is 134 Å². The highest BCUT2D eigenvalue weighted by Crippen LogP contribution is 2.14. The first-order valence-electron chi connectivity index (χ1n) is 7.39. The second-order valence-electron chi connectivity index (χ2n) is 5.49. The van der Waals surface area contributed by atoms with Crippen LogP contribution < -0.4 is 5.32 Å². The summed E-state index contributed by atoms with van der Waals surface area (Å²) in [6.45, 7) is 4.76. The van der Waals surface area contributed by atoms with E-state index in [4.69, 9.17) is 5.11 Å². The van der Waals surface area contributed by atoms with Crippen LogP contribution in [0.3, 0.4) is 0 Å². The number of aromatic nitrogens is 2. The Balaban J connectivity index is 1.85. The molecule has 6 heteroatoms. The fraction of sp³-hybridized carbons (Fsp3) is 0.294. The molecule has 1 aromatic heterocycles. The second-order valence-corrected chi connectivity index (χ2v) is 5.49. The van der Waals surface area contributed by atoms with Gasteiger partial charge in [0.25, 0.3) is 5.91 Å². The molecule has 0 atom stereocenters. The molecule has 23 heavy (non-hydrogen) atoms. The van der Waals surface area contributed by atoms with E-state index in [1.54, 1.807) is 0 Å². The van der Waals surface area contributed by atoms with Gasteiger partial charge in [0.2, 0.25) is 0 Å². The lowest BCUT2D eigenvalue weighted by Gasteiger charge is -2.08. The van der Waals surface area contributed by atoms with Crippen molar-refractivity contribution in [2.45, 2.75) is 26.2 Å². The fourth-order valence-corrected chi connectivity index (χ4v) is 2.04. The number of carboxylic acid groups (broad SMARTS) is 1. The van der Waals surface area contributed by atoms with E-state index in [0.717, 1.165) is 18.0 Å². The van der Waals surface area contributed by atoms with Crippen LogP contribution in [-0.4, -0.2) is 33.5 Å². The monoisotopic (exact) mass is 313 g/mol. The molecule has 0 spiro atoms. The van der Waals surface area contributed by atoms with Gasteiger partial charge < -0.3 is 10.4 Å². The summed E-state index contributed by atoms with van der Waals surface area (Å²) in [6, 6.07) is 8.31. The number of nitrogens with one attached hydrogen (secondary N) is 1. The van der Waals surface area contributed by atoms with Crippen molar-refractivity contribution in [3.05, 3.63) is 59.2 Å². The topological polar surface area (TPSA) is 92.2 Å². The Hall–Kier alpha value is -2.76. The van der Waals surface area contributed by atoms with Crippen LogP contribution in [0.4, 0.5) is 0 Å². The maximum atomic E-state index is 11.9. The van der Waals surface area contributed by atoms with Gasteiger partial charge in [-0.3, -0.25) is 4.79 Å². The van der Waals surface area contributed by atoms with Gasteiger partial charge in [-0.2, -0.15) is 0 Å². The van der Waals surface area contributed by atoms with Crippen molar-refractivity contribution in [1.29, 1.82) is 0 Å². The molecule has 0 aliphatic carbocycles. The van der Waals surface area contributed by atoms with Crippen LogP contribution in [0.5, 0.6) is 0 Å². The lowest BCUT2D eigenvalue weighted by Crippen LogP contribution is -2.26. The largest absolute Gasteiger partial charge is 0.476 e. The predicted molar refractivity (Wildman–Crippen MR) is 85.6 cm³/mol. The quantitative estimate of drug-likeness (QED) is 0.853. The third-order valence-electron chi connectivity index (χ3n) is 3.45. The molecule has 0 aliphatic heterocycles. The summed E-state index contributed by atoms with van der Waals surface area (Å²) in [6.07, 6.45) is 2.95. The summed E-state index contributed by atoms with van der Waals surface area (Å²) in [5, 5.41) is 11.5. The molecule has 1 heterocycles. The predicted octanol–water partition coefficient (Wildman–Crippen LogP) is 2.27. The summed E-state index contributed by atoms with van der Waals surface area (Å²) in [5.74, 6) is -1.04. The van der Waals surface area contributed by atoms with Crippen molar-refractivity contribution < 1.29 is 14.7 Å². The molecule has 0 aliphatic rings. The van der Waals surface area contributed by atoms with Gasteiger partial charge in [0.05, 0.1) is 12.4 Å². The van der Waals surface area contributed by atoms with Gasteiger partial charge in [0.15, 0.2) is 5.69 Å². The van der Waals surface area contributed by atoms with Crippen LogP contribution in [0.15, 0.2) is 36.7 Å². The van der Waals surface area contributed by atoms with Gasteiger partial charge >= 0.3 is 5.97 Å². The Morgan fingerprint density at radius 2 is 1.70 bits per heavy atom. The molecule has 0 unspecified atom stereocenters. The van der Waals surface area contributed by atoms with E-state index < -0.39 is 5.97 Å². The van der Waals surface area contributed by atoms with Gasteiger partial charge in [-0.25, -0.2) is 14.8 Å². The molecule has 1 aromatic carbocycles. The number of hydrogen-bond donors (Lipinski definition) is 2. The molecule has 2 rings (SSSR count). The zero-order valence-electron chi connectivity index (χ0n) is 13.1. The minimum atomic E-state index is -1.17. The van der Waals surface area contributed by atoms with E-state index in [-0.39, 0.29) is 17.3 Å². The Morgan fingerprint density at radius 1 is 1.09 bits per heavy atom. The van der Waals surface area contributed by atoms with Crippen molar-refractivity contribution in [2.24, 2.45) is 0 Å². The van der Waals surface area contributed by atoms with Gasteiger partial charge in [-0.05, 0) is 23.5 Å². The smallest absolute Gasteiger partial charge is 0.356 e. The number of rotatable bonds is 6. The molecule has 0 saturated carbocycles. The molecule has 0 radical (unpaired) electrons. The standard InChI is InChI=1S/C17H19N3O3/c1-11(2)13-5-3-12(4-6-13)7-8-18-16(21)14-9-20-15(10-19-14)17(22)23/h3-6,9-11H,7-8H2,1-2H3,(H,18,21)(H,22,23). The Kier molecular flexibility index (Phi) is 5.41. The summed E-state index contributed by atoms with van der Waals surface area (Å²) < 4.78 is 0. The molecule has 2 aromatic rings. The number of carbonyl (C=O) groups is 2. The van der Waals surface area contributed by atoms with E-state index >= 15 is 0 Å². The SMILES string of the molecule is CC(C)c1ccc(CCNC(=O)c2cnc(C(=O)O)cn2)cc1. The zero-order valence-corrected chi connectivity index (χ0v) is 13.1. The van der Waals surface area contributed by atoms with E-state index in [0.29, 0.717) is 18.9 Å². The lowest BCUT2D eigenvalue weighted by molar-refractivity contribution is 0.0689. The van der Waals surface area contributed by atoms with Crippen molar-refractivity contribution in [3.8, 4) is 0 Å². The van der Waals surface area contributed by atoms with Gasteiger partial charge in [0.1, 0.15) is 5.69 Å². The lowest BCUT2D eigenvalue weighted by atomic mass is 10.0. The molecule has 2 N–H and O–H groups in total. The molecule has 0 saturated heterocycles. The summed E-state index contributed by atoms with van der Waals surface area (Å²) in [4.78, 5) is 30.0. The number of aromatic carboxylic acids is 1. The minimum Gasteiger partial charge on any atom is -0.476 e. The number of carbonyl (C=O) groups excluding carboxylic acids is 1. The van der Waals surface area contributed by atoms with Gasteiger partial charge in [-0.15, -0.1) is 0 Å². The molecule has 0 bridgehead atoms. The molecule has 0 fully saturated rings. The summed E-state index contributed by atoms with van der Waals surface area (Å²) >= 11 is 0. The summed E-state index contributed by atoms with van der Waals surface area (Å²) in [7, 11) is 0. The molecular weight excluding hydrogens is 294 g/mol. The number of carboxylic acids is 1. The number of nitrogens with zero attached hydrogens (tertiary/aromatic N) is 2. The van der Waals surface area contributed by atoms with E-state index in [9.17, 15) is 9.59 Å². The average Bonchev–Trinajstić information content (AvgIpc) is 2.55. The van der Waals surface area contributed by atoms with Gasteiger partial charge in [-0.1, -0.05) is 38.1 Å². The van der Waals surface area contributed by atoms with Crippen LogP contribution in [0.2, 0.25) is 0 Å². The first-order valence-corrected chi connectivity index (χ1v) is 7.39. The first-order chi connectivity index (χ1) is 11.0. The highest BCUT2D eigenvalue weighted by atomic mass is 16.4. The van der Waals surface area contributed by atoms with E-state index in [2.05, 4.69) is 53.4 Å². The van der Waals surface area contributed by atoms with Crippen LogP contribution >= 0.6 is 0 Å². The first kappa shape index (κ1) is 16.6. The molecule has 6 nitrogen and oxygen atoms in total. The average molecular weight is 313 g/mol. The number of benzene rings is 1. The van der Waals surface area contributed by atoms with E-state index in [1.807, 2.05) is 0 Å². The fourth-order valence-electron chi connectivity index (χ4n) is 2.04. The highest BCUT2D eigenvalue weighted by molar-refractivity contribution is 5.92.